The van der Waals surface area contributed by atoms with Gasteiger partial charge in [-0.05, 0) is 59.9 Å². The maximum Gasteiger partial charge on any atom is 0.120 e. The van der Waals surface area contributed by atoms with Gasteiger partial charge in [0.1, 0.15) is 12.4 Å². The normalized spacial score (nSPS) is 15.2. The second kappa shape index (κ2) is 7.52. The fourth-order valence-electron chi connectivity index (χ4n) is 4.43. The molecular weight excluding hydrogens is 370 g/mol. The predicted octanol–water partition coefficient (Wildman–Crippen LogP) is 5.59. The Morgan fingerprint density at radius 2 is 1.93 bits per heavy atom. The second-order valence-corrected chi connectivity index (χ2v) is 8.60. The highest BCUT2D eigenvalue weighted by atomic mass is 16.5. The van der Waals surface area contributed by atoms with Gasteiger partial charge in [0.2, 0.25) is 0 Å². The monoisotopic (exact) mass is 397 g/mol. The fraction of sp³-hybridized carbons (Fsp3) is 0.269. The Bertz CT molecular complexity index is 1160. The molecule has 3 heterocycles. The number of hydrogen-bond donors (Lipinski definition) is 0. The molecule has 0 saturated carbocycles. The van der Waals surface area contributed by atoms with E-state index in [-0.39, 0.29) is 5.41 Å². The maximum absolute atomic E-state index is 6.14. The Balaban J connectivity index is 1.28. The molecule has 0 amide bonds. The summed E-state index contributed by atoms with van der Waals surface area (Å²) in [7, 11) is 0. The Hall–Kier alpha value is -3.27. The van der Waals surface area contributed by atoms with Crippen molar-refractivity contribution in [1.82, 2.24) is 9.55 Å². The smallest absolute Gasteiger partial charge is 0.120 e. The first-order valence-corrected chi connectivity index (χ1v) is 10.6. The number of pyridine rings is 1. The van der Waals surface area contributed by atoms with E-state index in [9.17, 15) is 0 Å². The second-order valence-electron chi connectivity index (χ2n) is 8.60. The van der Waals surface area contributed by atoms with Crippen LogP contribution in [0.15, 0.2) is 79.3 Å². The number of para-hydroxylation sites is 1. The Morgan fingerprint density at radius 1 is 1.03 bits per heavy atom. The van der Waals surface area contributed by atoms with Crippen molar-refractivity contribution in [2.24, 2.45) is 0 Å². The molecule has 4 aromatic rings. The zero-order valence-electron chi connectivity index (χ0n) is 17.6. The predicted molar refractivity (Wildman–Crippen MR) is 123 cm³/mol. The van der Waals surface area contributed by atoms with Crippen molar-refractivity contribution < 1.29 is 4.74 Å². The number of aromatic nitrogens is 2. The minimum absolute atomic E-state index is 0.237. The number of ether oxygens (including phenoxy) is 1. The molecule has 0 N–H and O–H groups in total. The maximum atomic E-state index is 6.14. The fourth-order valence-corrected chi connectivity index (χ4v) is 4.43. The van der Waals surface area contributed by atoms with E-state index in [2.05, 4.69) is 89.1 Å². The van der Waals surface area contributed by atoms with E-state index >= 15 is 0 Å². The molecule has 4 nitrogen and oxygen atoms in total. The highest BCUT2D eigenvalue weighted by Crippen LogP contribution is 2.39. The third kappa shape index (κ3) is 3.43. The highest BCUT2D eigenvalue weighted by molar-refractivity contribution is 5.83. The van der Waals surface area contributed by atoms with Crippen molar-refractivity contribution in [3.05, 3.63) is 84.8 Å². The van der Waals surface area contributed by atoms with Crippen LogP contribution in [-0.4, -0.2) is 29.2 Å². The third-order valence-corrected chi connectivity index (χ3v) is 6.20. The van der Waals surface area contributed by atoms with Gasteiger partial charge in [-0.15, -0.1) is 0 Å². The van der Waals surface area contributed by atoms with E-state index in [1.807, 2.05) is 12.3 Å². The van der Waals surface area contributed by atoms with E-state index in [0.717, 1.165) is 36.5 Å². The molecular formula is C26H27N3O. The molecule has 0 bridgehead atoms. The minimum atomic E-state index is 0.237. The molecule has 0 fully saturated rings. The molecule has 1 aliphatic rings. The molecule has 2 aromatic heterocycles. The van der Waals surface area contributed by atoms with Crippen LogP contribution in [0.2, 0.25) is 0 Å². The molecule has 5 rings (SSSR count). The van der Waals surface area contributed by atoms with Crippen LogP contribution in [0, 0.1) is 0 Å². The first-order chi connectivity index (χ1) is 14.6. The van der Waals surface area contributed by atoms with Gasteiger partial charge in [-0.3, -0.25) is 4.98 Å². The molecule has 0 unspecified atom stereocenters. The average molecular weight is 398 g/mol. The van der Waals surface area contributed by atoms with Crippen LogP contribution in [0.3, 0.4) is 0 Å². The van der Waals surface area contributed by atoms with Gasteiger partial charge in [0.15, 0.2) is 0 Å². The summed E-state index contributed by atoms with van der Waals surface area (Å²) in [5, 5.41) is 1.17. The molecule has 2 aromatic carbocycles. The summed E-state index contributed by atoms with van der Waals surface area (Å²) in [5.41, 5.74) is 5.24. The van der Waals surface area contributed by atoms with Gasteiger partial charge in [0.25, 0.3) is 0 Å². The lowest BCUT2D eigenvalue weighted by molar-refractivity contribution is 0.319. The average Bonchev–Trinajstić information content (AvgIpc) is 3.19. The molecule has 0 aliphatic carbocycles. The number of anilines is 1. The topological polar surface area (TPSA) is 30.3 Å². The molecule has 4 heteroatoms. The third-order valence-electron chi connectivity index (χ3n) is 6.20. The minimum Gasteiger partial charge on any atom is -0.492 e. The largest absolute Gasteiger partial charge is 0.492 e. The van der Waals surface area contributed by atoms with Crippen molar-refractivity contribution in [2.75, 3.05) is 24.6 Å². The lowest BCUT2D eigenvalue weighted by Gasteiger charge is -2.40. The SMILES string of the molecule is CC1(C)CCN(CCOc2ccc3c(ccn3-c3cccnc3)c2)c2ccccc21. The number of nitrogens with zero attached hydrogens (tertiary/aromatic N) is 3. The van der Waals surface area contributed by atoms with Crippen LogP contribution in [0.25, 0.3) is 16.6 Å². The standard InChI is InChI=1S/C26H27N3O/c1-26(2)12-15-28(25-8-4-3-7-23(25)26)16-17-30-22-9-10-24-20(18-22)11-14-29(24)21-6-5-13-27-19-21/h3-11,13-14,18-19H,12,15-17H2,1-2H3. The van der Waals surface area contributed by atoms with E-state index < -0.39 is 0 Å². The van der Waals surface area contributed by atoms with Gasteiger partial charge < -0.3 is 14.2 Å². The van der Waals surface area contributed by atoms with E-state index in [4.69, 9.17) is 4.74 Å². The summed E-state index contributed by atoms with van der Waals surface area (Å²) in [5.74, 6) is 0.914. The van der Waals surface area contributed by atoms with Crippen LogP contribution >= 0.6 is 0 Å². The first kappa shape index (κ1) is 18.7. The molecule has 0 spiro atoms. The van der Waals surface area contributed by atoms with Crippen LogP contribution in [0.4, 0.5) is 5.69 Å². The number of rotatable bonds is 5. The summed E-state index contributed by atoms with van der Waals surface area (Å²) < 4.78 is 8.29. The van der Waals surface area contributed by atoms with Gasteiger partial charge in [0.05, 0.1) is 23.9 Å². The van der Waals surface area contributed by atoms with Gasteiger partial charge in [-0.2, -0.15) is 0 Å². The quantitative estimate of drug-likeness (QED) is 0.440. The van der Waals surface area contributed by atoms with Crippen molar-refractivity contribution in [2.45, 2.75) is 25.7 Å². The molecule has 1 aliphatic heterocycles. The summed E-state index contributed by atoms with van der Waals surface area (Å²) in [6.45, 7) is 7.31. The summed E-state index contributed by atoms with van der Waals surface area (Å²) >= 11 is 0. The molecule has 0 radical (unpaired) electrons. The summed E-state index contributed by atoms with van der Waals surface area (Å²) in [6, 6.07) is 21.2. The van der Waals surface area contributed by atoms with Crippen molar-refractivity contribution in [3.8, 4) is 11.4 Å². The van der Waals surface area contributed by atoms with E-state index in [0.29, 0.717) is 6.61 Å². The zero-order chi connectivity index (χ0) is 20.6. The van der Waals surface area contributed by atoms with Crippen molar-refractivity contribution in [1.29, 1.82) is 0 Å². The Morgan fingerprint density at radius 3 is 2.80 bits per heavy atom. The Labute approximate surface area is 177 Å². The van der Waals surface area contributed by atoms with Crippen molar-refractivity contribution >= 4 is 16.6 Å². The zero-order valence-corrected chi connectivity index (χ0v) is 17.6. The Kier molecular flexibility index (Phi) is 4.70. The summed E-state index contributed by atoms with van der Waals surface area (Å²) in [6.07, 6.45) is 6.92. The van der Waals surface area contributed by atoms with Gasteiger partial charge in [0, 0.05) is 30.0 Å². The van der Waals surface area contributed by atoms with Gasteiger partial charge in [-0.25, -0.2) is 0 Å². The molecule has 0 atom stereocenters. The van der Waals surface area contributed by atoms with Crippen LogP contribution in [-0.2, 0) is 5.41 Å². The van der Waals surface area contributed by atoms with E-state index in [1.54, 1.807) is 6.20 Å². The van der Waals surface area contributed by atoms with E-state index in [1.165, 1.54) is 16.6 Å². The molecule has 0 saturated heterocycles. The van der Waals surface area contributed by atoms with Crippen molar-refractivity contribution in [3.63, 3.8) is 0 Å². The number of benzene rings is 2. The first-order valence-electron chi connectivity index (χ1n) is 10.6. The van der Waals surface area contributed by atoms with Crippen LogP contribution in [0.5, 0.6) is 5.75 Å². The van der Waals surface area contributed by atoms with Crippen LogP contribution in [0.1, 0.15) is 25.8 Å². The van der Waals surface area contributed by atoms with Crippen LogP contribution < -0.4 is 9.64 Å². The molecule has 152 valence electrons. The number of fused-ring (bicyclic) bond motifs is 2. The molecule has 30 heavy (non-hydrogen) atoms. The van der Waals surface area contributed by atoms with Gasteiger partial charge >= 0.3 is 0 Å². The summed E-state index contributed by atoms with van der Waals surface area (Å²) in [4.78, 5) is 6.68. The lowest BCUT2D eigenvalue weighted by Crippen LogP contribution is -2.39. The highest BCUT2D eigenvalue weighted by Gasteiger charge is 2.30. The lowest BCUT2D eigenvalue weighted by atomic mass is 9.78. The number of hydrogen-bond acceptors (Lipinski definition) is 3. The van der Waals surface area contributed by atoms with Gasteiger partial charge in [-0.1, -0.05) is 32.0 Å².